The SMILES string of the molecule is CC1=C(C(=O)N2CCCC(CO)(c3ccccc3)C2)CCCO1. The topological polar surface area (TPSA) is 49.8 Å². The molecule has 0 bridgehead atoms. The first-order valence-electron chi connectivity index (χ1n) is 8.44. The lowest BCUT2D eigenvalue weighted by Crippen LogP contribution is -2.51. The zero-order valence-electron chi connectivity index (χ0n) is 13.8. The number of ether oxygens (including phenoxy) is 1. The van der Waals surface area contributed by atoms with Crippen molar-refractivity contribution in [3.63, 3.8) is 0 Å². The van der Waals surface area contributed by atoms with Gasteiger partial charge in [-0.05, 0) is 38.2 Å². The lowest BCUT2D eigenvalue weighted by molar-refractivity contribution is -0.130. The molecule has 0 saturated carbocycles. The van der Waals surface area contributed by atoms with Crippen molar-refractivity contribution in [2.24, 2.45) is 0 Å². The molecule has 1 aromatic carbocycles. The Morgan fingerprint density at radius 3 is 2.78 bits per heavy atom. The molecular weight excluding hydrogens is 290 g/mol. The number of carbonyl (C=O) groups excluding carboxylic acids is 1. The first-order valence-corrected chi connectivity index (χ1v) is 8.44. The van der Waals surface area contributed by atoms with E-state index in [1.807, 2.05) is 30.0 Å². The van der Waals surface area contributed by atoms with Gasteiger partial charge >= 0.3 is 0 Å². The summed E-state index contributed by atoms with van der Waals surface area (Å²) in [5.41, 5.74) is 1.57. The molecule has 23 heavy (non-hydrogen) atoms. The van der Waals surface area contributed by atoms with Gasteiger partial charge in [-0.25, -0.2) is 0 Å². The maximum absolute atomic E-state index is 12.9. The number of aliphatic hydroxyl groups excluding tert-OH is 1. The molecule has 1 unspecified atom stereocenters. The number of nitrogens with zero attached hydrogens (tertiary/aromatic N) is 1. The third kappa shape index (κ3) is 3.13. The Labute approximate surface area is 137 Å². The quantitative estimate of drug-likeness (QED) is 0.933. The largest absolute Gasteiger partial charge is 0.498 e. The van der Waals surface area contributed by atoms with Gasteiger partial charge in [-0.2, -0.15) is 0 Å². The average molecular weight is 315 g/mol. The lowest BCUT2D eigenvalue weighted by atomic mass is 9.74. The lowest BCUT2D eigenvalue weighted by Gasteiger charge is -2.42. The zero-order chi connectivity index (χ0) is 16.3. The van der Waals surface area contributed by atoms with Crippen LogP contribution in [0.1, 0.15) is 38.2 Å². The van der Waals surface area contributed by atoms with Crippen molar-refractivity contribution in [2.45, 2.75) is 38.0 Å². The number of benzene rings is 1. The summed E-state index contributed by atoms with van der Waals surface area (Å²) in [7, 11) is 0. The Hall–Kier alpha value is -1.81. The van der Waals surface area contributed by atoms with Gasteiger partial charge in [0.15, 0.2) is 0 Å². The Kier molecular flexibility index (Phi) is 4.71. The molecule has 1 amide bonds. The maximum atomic E-state index is 12.9. The van der Waals surface area contributed by atoms with E-state index in [4.69, 9.17) is 4.74 Å². The number of amides is 1. The van der Waals surface area contributed by atoms with Crippen molar-refractivity contribution >= 4 is 5.91 Å². The van der Waals surface area contributed by atoms with E-state index in [1.165, 1.54) is 0 Å². The van der Waals surface area contributed by atoms with Crippen molar-refractivity contribution < 1.29 is 14.6 Å². The highest BCUT2D eigenvalue weighted by atomic mass is 16.5. The van der Waals surface area contributed by atoms with Gasteiger partial charge in [0.2, 0.25) is 0 Å². The maximum Gasteiger partial charge on any atom is 0.253 e. The molecule has 1 N–H and O–H groups in total. The van der Waals surface area contributed by atoms with E-state index in [1.54, 1.807) is 0 Å². The summed E-state index contributed by atoms with van der Waals surface area (Å²) in [6.45, 7) is 3.97. The van der Waals surface area contributed by atoms with Crippen LogP contribution >= 0.6 is 0 Å². The van der Waals surface area contributed by atoms with E-state index in [2.05, 4.69) is 12.1 Å². The molecule has 4 heteroatoms. The van der Waals surface area contributed by atoms with Gasteiger partial charge < -0.3 is 14.7 Å². The summed E-state index contributed by atoms with van der Waals surface area (Å²) >= 11 is 0. The van der Waals surface area contributed by atoms with Crippen LogP contribution in [0.4, 0.5) is 0 Å². The minimum Gasteiger partial charge on any atom is -0.498 e. The fraction of sp³-hybridized carbons (Fsp3) is 0.526. The summed E-state index contributed by atoms with van der Waals surface area (Å²) < 4.78 is 5.55. The summed E-state index contributed by atoms with van der Waals surface area (Å²) in [6.07, 6.45) is 3.51. The van der Waals surface area contributed by atoms with Crippen molar-refractivity contribution in [1.82, 2.24) is 4.90 Å². The molecule has 2 aliphatic rings. The Bertz CT molecular complexity index is 596. The first kappa shape index (κ1) is 16.1. The van der Waals surface area contributed by atoms with E-state index in [9.17, 15) is 9.90 Å². The summed E-state index contributed by atoms with van der Waals surface area (Å²) in [6, 6.07) is 10.1. The molecule has 2 heterocycles. The summed E-state index contributed by atoms with van der Waals surface area (Å²) in [4.78, 5) is 14.8. The second kappa shape index (κ2) is 6.75. The van der Waals surface area contributed by atoms with Crippen molar-refractivity contribution in [2.75, 3.05) is 26.3 Å². The van der Waals surface area contributed by atoms with Crippen LogP contribution in [0.5, 0.6) is 0 Å². The van der Waals surface area contributed by atoms with Crippen molar-refractivity contribution in [3.05, 3.63) is 47.2 Å². The standard InChI is InChI=1S/C19H25NO3/c1-15-17(9-5-12-23-15)18(22)20-11-6-10-19(13-20,14-21)16-7-3-2-4-8-16/h2-4,7-8,21H,5-6,9-14H2,1H3. The minimum absolute atomic E-state index is 0.0648. The highest BCUT2D eigenvalue weighted by molar-refractivity contribution is 5.94. The first-order chi connectivity index (χ1) is 11.2. The van der Waals surface area contributed by atoms with Crippen LogP contribution in [0.3, 0.4) is 0 Å². The third-order valence-electron chi connectivity index (χ3n) is 5.13. The Morgan fingerprint density at radius 1 is 1.30 bits per heavy atom. The van der Waals surface area contributed by atoms with Crippen LogP contribution in [0.25, 0.3) is 0 Å². The predicted octanol–water partition coefficient (Wildman–Crippen LogP) is 2.62. The molecule has 1 atom stereocenters. The number of rotatable bonds is 3. The third-order valence-corrected chi connectivity index (χ3v) is 5.13. The molecular formula is C19H25NO3. The molecule has 2 aliphatic heterocycles. The predicted molar refractivity (Wildman–Crippen MR) is 88.9 cm³/mol. The molecule has 0 aromatic heterocycles. The van der Waals surface area contributed by atoms with E-state index in [0.29, 0.717) is 13.2 Å². The van der Waals surface area contributed by atoms with Crippen LogP contribution in [-0.4, -0.2) is 42.2 Å². The van der Waals surface area contributed by atoms with Gasteiger partial charge in [0.25, 0.3) is 5.91 Å². The van der Waals surface area contributed by atoms with Gasteiger partial charge in [0.05, 0.1) is 18.8 Å². The normalized spacial score (nSPS) is 25.2. The number of allylic oxidation sites excluding steroid dienone is 1. The molecule has 0 aliphatic carbocycles. The fourth-order valence-corrected chi connectivity index (χ4v) is 3.74. The summed E-state index contributed by atoms with van der Waals surface area (Å²) in [5.74, 6) is 0.844. The van der Waals surface area contributed by atoms with E-state index >= 15 is 0 Å². The second-order valence-electron chi connectivity index (χ2n) is 6.62. The highest BCUT2D eigenvalue weighted by Crippen LogP contribution is 2.35. The molecule has 1 saturated heterocycles. The number of hydrogen-bond donors (Lipinski definition) is 1. The molecule has 1 aromatic rings. The van der Waals surface area contributed by atoms with Crippen LogP contribution in [0.2, 0.25) is 0 Å². The highest BCUT2D eigenvalue weighted by Gasteiger charge is 2.39. The number of likely N-dealkylation sites (tertiary alicyclic amines) is 1. The second-order valence-corrected chi connectivity index (χ2v) is 6.62. The van der Waals surface area contributed by atoms with E-state index in [0.717, 1.165) is 49.1 Å². The smallest absolute Gasteiger partial charge is 0.253 e. The number of aliphatic hydroxyl groups is 1. The van der Waals surface area contributed by atoms with Gasteiger partial charge in [-0.1, -0.05) is 30.3 Å². The summed E-state index contributed by atoms with van der Waals surface area (Å²) in [5, 5.41) is 10.1. The van der Waals surface area contributed by atoms with E-state index in [-0.39, 0.29) is 17.9 Å². The van der Waals surface area contributed by atoms with Gasteiger partial charge in [-0.15, -0.1) is 0 Å². The van der Waals surface area contributed by atoms with Crippen LogP contribution in [-0.2, 0) is 14.9 Å². The number of carbonyl (C=O) groups is 1. The molecule has 124 valence electrons. The molecule has 0 spiro atoms. The minimum atomic E-state index is -0.348. The van der Waals surface area contributed by atoms with Gasteiger partial charge in [0, 0.05) is 18.5 Å². The van der Waals surface area contributed by atoms with Crippen LogP contribution in [0.15, 0.2) is 41.7 Å². The Morgan fingerprint density at radius 2 is 2.09 bits per heavy atom. The van der Waals surface area contributed by atoms with Crippen molar-refractivity contribution in [1.29, 1.82) is 0 Å². The number of piperidine rings is 1. The molecule has 4 nitrogen and oxygen atoms in total. The zero-order valence-corrected chi connectivity index (χ0v) is 13.8. The molecule has 1 fully saturated rings. The van der Waals surface area contributed by atoms with Crippen LogP contribution < -0.4 is 0 Å². The molecule has 0 radical (unpaired) electrons. The van der Waals surface area contributed by atoms with Crippen LogP contribution in [0, 0.1) is 0 Å². The fourth-order valence-electron chi connectivity index (χ4n) is 3.74. The number of hydrogen-bond acceptors (Lipinski definition) is 3. The van der Waals surface area contributed by atoms with Gasteiger partial charge in [0.1, 0.15) is 5.76 Å². The molecule has 3 rings (SSSR count). The van der Waals surface area contributed by atoms with Gasteiger partial charge in [-0.3, -0.25) is 4.79 Å². The monoisotopic (exact) mass is 315 g/mol. The average Bonchev–Trinajstić information content (AvgIpc) is 2.62. The Balaban J connectivity index is 1.84. The van der Waals surface area contributed by atoms with E-state index < -0.39 is 0 Å². The van der Waals surface area contributed by atoms with Crippen molar-refractivity contribution in [3.8, 4) is 0 Å².